The highest BCUT2D eigenvalue weighted by atomic mass is 16.2. The number of nitrogen functional groups attached to an aromatic ring is 1. The summed E-state index contributed by atoms with van der Waals surface area (Å²) in [6.07, 6.45) is 4.20. The predicted octanol–water partition coefficient (Wildman–Crippen LogP) is 3.07. The fraction of sp³-hybridized carbons (Fsp3) is 0.409. The van der Waals surface area contributed by atoms with Crippen LogP contribution in [0.25, 0.3) is 0 Å². The number of amides is 2. The second kappa shape index (κ2) is 7.26. The van der Waals surface area contributed by atoms with E-state index in [2.05, 4.69) is 10.3 Å². The zero-order valence-corrected chi connectivity index (χ0v) is 16.1. The molecule has 1 aliphatic carbocycles. The van der Waals surface area contributed by atoms with Crippen LogP contribution in [-0.4, -0.2) is 29.4 Å². The van der Waals surface area contributed by atoms with Gasteiger partial charge in [-0.15, -0.1) is 0 Å². The number of benzene rings is 1. The number of carbonyl (C=O) groups is 2. The first-order valence-corrected chi connectivity index (χ1v) is 9.89. The lowest BCUT2D eigenvalue weighted by Gasteiger charge is -2.36. The van der Waals surface area contributed by atoms with Gasteiger partial charge in [-0.25, -0.2) is 4.98 Å². The molecule has 2 fully saturated rings. The third-order valence-electron chi connectivity index (χ3n) is 6.00. The van der Waals surface area contributed by atoms with Crippen molar-refractivity contribution in [2.24, 2.45) is 5.41 Å². The molecular formula is C22H26N4O2. The molecule has 146 valence electrons. The zero-order chi connectivity index (χ0) is 19.7. The smallest absolute Gasteiger partial charge is 0.270 e. The Morgan fingerprint density at radius 2 is 2.07 bits per heavy atom. The Balaban J connectivity index is 1.47. The highest BCUT2D eigenvalue weighted by Gasteiger charge is 2.49. The first-order valence-electron chi connectivity index (χ1n) is 9.89. The first kappa shape index (κ1) is 18.5. The lowest BCUT2D eigenvalue weighted by atomic mass is 9.71. The van der Waals surface area contributed by atoms with Crippen molar-refractivity contribution in [2.75, 3.05) is 17.2 Å². The topological polar surface area (TPSA) is 88.3 Å². The molecule has 6 heteroatoms. The van der Waals surface area contributed by atoms with Crippen LogP contribution in [0.1, 0.15) is 48.3 Å². The minimum absolute atomic E-state index is 0.00620. The maximum absolute atomic E-state index is 13.3. The lowest BCUT2D eigenvalue weighted by Crippen LogP contribution is -2.46. The average molecular weight is 378 g/mol. The summed E-state index contributed by atoms with van der Waals surface area (Å²) in [7, 11) is 0. The largest absolute Gasteiger partial charge is 0.399 e. The summed E-state index contributed by atoms with van der Waals surface area (Å²) in [6, 6.07) is 12.9. The molecule has 1 aromatic carbocycles. The lowest BCUT2D eigenvalue weighted by molar-refractivity contribution is -0.127. The Morgan fingerprint density at radius 3 is 2.86 bits per heavy atom. The van der Waals surface area contributed by atoms with Crippen molar-refractivity contribution < 1.29 is 9.59 Å². The van der Waals surface area contributed by atoms with E-state index in [0.717, 1.165) is 37.1 Å². The van der Waals surface area contributed by atoms with E-state index >= 15 is 0 Å². The second-order valence-corrected chi connectivity index (χ2v) is 8.01. The number of nitrogens with one attached hydrogen (secondary N) is 1. The number of carbonyl (C=O) groups excluding carboxylic acids is 2. The number of nitrogens with zero attached hydrogens (tertiary/aromatic N) is 2. The summed E-state index contributed by atoms with van der Waals surface area (Å²) in [5.41, 5.74) is 8.27. The molecule has 2 aliphatic rings. The number of hydrogen-bond donors (Lipinski definition) is 2. The van der Waals surface area contributed by atoms with Crippen molar-refractivity contribution in [2.45, 2.75) is 45.1 Å². The second-order valence-electron chi connectivity index (χ2n) is 8.01. The zero-order valence-electron chi connectivity index (χ0n) is 16.1. The molecule has 2 amide bonds. The van der Waals surface area contributed by atoms with Crippen LogP contribution in [-0.2, 0) is 4.79 Å². The van der Waals surface area contributed by atoms with Gasteiger partial charge in [-0.1, -0.05) is 18.6 Å². The van der Waals surface area contributed by atoms with Crippen LogP contribution in [0.2, 0.25) is 0 Å². The Kier molecular flexibility index (Phi) is 4.79. The maximum atomic E-state index is 13.3. The Hall–Kier alpha value is -2.89. The number of aryl methyl sites for hydroxylation is 1. The summed E-state index contributed by atoms with van der Waals surface area (Å²) >= 11 is 0. The number of anilines is 2. The average Bonchev–Trinajstić information content (AvgIpc) is 2.97. The van der Waals surface area contributed by atoms with E-state index in [9.17, 15) is 9.59 Å². The highest BCUT2D eigenvalue weighted by molar-refractivity contribution is 6.00. The predicted molar refractivity (Wildman–Crippen MR) is 109 cm³/mol. The molecule has 1 saturated carbocycles. The van der Waals surface area contributed by atoms with Crippen molar-refractivity contribution in [3.05, 3.63) is 53.9 Å². The molecule has 0 bridgehead atoms. The maximum Gasteiger partial charge on any atom is 0.270 e. The third-order valence-corrected chi connectivity index (χ3v) is 6.00. The molecule has 1 saturated heterocycles. The van der Waals surface area contributed by atoms with Gasteiger partial charge >= 0.3 is 0 Å². The molecule has 2 aromatic rings. The minimum Gasteiger partial charge on any atom is -0.399 e. The van der Waals surface area contributed by atoms with Gasteiger partial charge < -0.3 is 16.0 Å². The van der Waals surface area contributed by atoms with Gasteiger partial charge in [0, 0.05) is 29.7 Å². The molecule has 2 atom stereocenters. The van der Waals surface area contributed by atoms with Gasteiger partial charge in [0.1, 0.15) is 5.69 Å². The molecule has 28 heavy (non-hydrogen) atoms. The van der Waals surface area contributed by atoms with Crippen LogP contribution in [0.3, 0.4) is 0 Å². The van der Waals surface area contributed by atoms with Crippen LogP contribution >= 0.6 is 0 Å². The van der Waals surface area contributed by atoms with Gasteiger partial charge in [0.2, 0.25) is 5.91 Å². The van der Waals surface area contributed by atoms with Crippen molar-refractivity contribution in [3.8, 4) is 0 Å². The molecule has 3 N–H and O–H groups in total. The SMILES string of the molecule is Cc1cccc(C(=O)N[C@H]2CCC[C@]3(CCN(c4cccc(N)c4)C3=O)C2)n1. The van der Waals surface area contributed by atoms with Gasteiger partial charge in [0.15, 0.2) is 0 Å². The Bertz CT molecular complexity index is 913. The number of aromatic nitrogens is 1. The van der Waals surface area contributed by atoms with Crippen molar-refractivity contribution in [1.82, 2.24) is 10.3 Å². The fourth-order valence-electron chi connectivity index (χ4n) is 4.60. The van der Waals surface area contributed by atoms with Crippen LogP contribution in [0.4, 0.5) is 11.4 Å². The van der Waals surface area contributed by atoms with Gasteiger partial charge in [-0.2, -0.15) is 0 Å². The standard InChI is InChI=1S/C22H26N4O2/c1-15-5-2-9-19(24-15)20(27)25-17-7-4-10-22(14-17)11-12-26(21(22)28)18-8-3-6-16(23)13-18/h2-3,5-6,8-9,13,17H,4,7,10-12,14,23H2,1H3,(H,25,27)/t17-,22-/m0/s1. The summed E-state index contributed by atoms with van der Waals surface area (Å²) in [4.78, 5) is 32.0. The quantitative estimate of drug-likeness (QED) is 0.804. The van der Waals surface area contributed by atoms with E-state index in [1.165, 1.54) is 0 Å². The molecular weight excluding hydrogens is 352 g/mol. The molecule has 0 unspecified atom stereocenters. The van der Waals surface area contributed by atoms with E-state index in [1.807, 2.05) is 48.2 Å². The van der Waals surface area contributed by atoms with Crippen LogP contribution < -0.4 is 16.0 Å². The summed E-state index contributed by atoms with van der Waals surface area (Å²) in [5.74, 6) is -0.00499. The van der Waals surface area contributed by atoms with Crippen molar-refractivity contribution in [3.63, 3.8) is 0 Å². The van der Waals surface area contributed by atoms with Crippen LogP contribution in [0, 0.1) is 12.3 Å². The van der Waals surface area contributed by atoms with Gasteiger partial charge in [-0.05, 0) is 62.9 Å². The van der Waals surface area contributed by atoms with Gasteiger partial charge in [0.05, 0.1) is 5.41 Å². The molecule has 2 heterocycles. The first-order chi connectivity index (χ1) is 13.5. The Labute approximate surface area is 165 Å². The summed E-state index contributed by atoms with van der Waals surface area (Å²) in [5, 5.41) is 3.11. The third kappa shape index (κ3) is 3.46. The monoisotopic (exact) mass is 378 g/mol. The fourth-order valence-corrected chi connectivity index (χ4v) is 4.60. The molecule has 1 spiro atoms. The van der Waals surface area contributed by atoms with Crippen LogP contribution in [0.5, 0.6) is 0 Å². The van der Waals surface area contributed by atoms with E-state index in [0.29, 0.717) is 24.3 Å². The van der Waals surface area contributed by atoms with E-state index in [4.69, 9.17) is 5.73 Å². The van der Waals surface area contributed by atoms with Crippen LogP contribution in [0.15, 0.2) is 42.5 Å². The number of nitrogens with two attached hydrogens (primary N) is 1. The number of rotatable bonds is 3. The molecule has 1 aromatic heterocycles. The number of hydrogen-bond acceptors (Lipinski definition) is 4. The minimum atomic E-state index is -0.388. The van der Waals surface area contributed by atoms with Crippen molar-refractivity contribution in [1.29, 1.82) is 0 Å². The van der Waals surface area contributed by atoms with E-state index in [1.54, 1.807) is 6.07 Å². The normalized spacial score (nSPS) is 24.5. The summed E-state index contributed by atoms with van der Waals surface area (Å²) in [6.45, 7) is 2.57. The van der Waals surface area contributed by atoms with Gasteiger partial charge in [-0.3, -0.25) is 9.59 Å². The summed E-state index contributed by atoms with van der Waals surface area (Å²) < 4.78 is 0. The molecule has 1 aliphatic heterocycles. The Morgan fingerprint density at radius 1 is 1.25 bits per heavy atom. The van der Waals surface area contributed by atoms with E-state index < -0.39 is 0 Å². The number of pyridine rings is 1. The van der Waals surface area contributed by atoms with Crippen molar-refractivity contribution >= 4 is 23.2 Å². The molecule has 6 nitrogen and oxygen atoms in total. The van der Waals surface area contributed by atoms with Gasteiger partial charge in [0.25, 0.3) is 5.91 Å². The highest BCUT2D eigenvalue weighted by Crippen LogP contribution is 2.46. The molecule has 0 radical (unpaired) electrons. The van der Waals surface area contributed by atoms with E-state index in [-0.39, 0.29) is 23.3 Å². The molecule has 4 rings (SSSR count).